The van der Waals surface area contributed by atoms with Crippen LogP contribution in [0, 0.1) is 0 Å². The van der Waals surface area contributed by atoms with Gasteiger partial charge in [0.15, 0.2) is 0 Å². The van der Waals surface area contributed by atoms with Crippen LogP contribution in [0.2, 0.25) is 0 Å². The lowest BCUT2D eigenvalue weighted by Crippen LogP contribution is -2.48. The van der Waals surface area contributed by atoms with Gasteiger partial charge >= 0.3 is 6.03 Å². The molecular formula is C9H14N2O. The smallest absolute Gasteiger partial charge is 0.315 e. The van der Waals surface area contributed by atoms with Crippen LogP contribution in [0.5, 0.6) is 0 Å². The van der Waals surface area contributed by atoms with Crippen molar-refractivity contribution in [1.82, 2.24) is 4.90 Å². The molecule has 1 aliphatic carbocycles. The van der Waals surface area contributed by atoms with Gasteiger partial charge in [0.2, 0.25) is 0 Å². The first-order valence-corrected chi connectivity index (χ1v) is 4.38. The summed E-state index contributed by atoms with van der Waals surface area (Å²) in [6.07, 6.45) is 4.10. The lowest BCUT2D eigenvalue weighted by atomic mass is 9.96. The van der Waals surface area contributed by atoms with Crippen LogP contribution >= 0.6 is 0 Å². The molecule has 0 bridgehead atoms. The highest BCUT2D eigenvalue weighted by molar-refractivity contribution is 5.74. The topological polar surface area (TPSA) is 46.3 Å². The van der Waals surface area contributed by atoms with Crippen molar-refractivity contribution in [1.29, 1.82) is 0 Å². The molecule has 0 aromatic carbocycles. The summed E-state index contributed by atoms with van der Waals surface area (Å²) in [5.74, 6) is 0. The molecule has 2 rings (SSSR count). The number of piperidine rings is 1. The molecule has 1 aliphatic heterocycles. The number of urea groups is 1. The summed E-state index contributed by atoms with van der Waals surface area (Å²) in [7, 11) is 0. The molecular weight excluding hydrogens is 152 g/mol. The largest absolute Gasteiger partial charge is 0.351 e. The molecule has 0 unspecified atom stereocenters. The summed E-state index contributed by atoms with van der Waals surface area (Å²) >= 11 is 0. The number of carbonyl (C=O) groups is 1. The molecule has 66 valence electrons. The molecule has 1 saturated heterocycles. The average Bonchev–Trinajstić information content (AvgIpc) is 2.68. The van der Waals surface area contributed by atoms with Gasteiger partial charge in [-0.2, -0.15) is 0 Å². The van der Waals surface area contributed by atoms with Crippen molar-refractivity contribution in [3.63, 3.8) is 0 Å². The molecule has 0 atom stereocenters. The Labute approximate surface area is 72.2 Å². The molecule has 2 aliphatic rings. The molecule has 3 heteroatoms. The number of rotatable bonds is 0. The van der Waals surface area contributed by atoms with Crippen molar-refractivity contribution in [2.45, 2.75) is 31.2 Å². The molecule has 0 aromatic heterocycles. The summed E-state index contributed by atoms with van der Waals surface area (Å²) in [5.41, 5.74) is 6.65. The van der Waals surface area contributed by atoms with Gasteiger partial charge in [-0.15, -0.1) is 0 Å². The Balaban J connectivity index is 2.15. The number of nitrogens with two attached hydrogens (primary N) is 1. The quantitative estimate of drug-likeness (QED) is 0.541. The molecule has 1 spiro atoms. The lowest BCUT2D eigenvalue weighted by molar-refractivity contribution is 0.163. The van der Waals surface area contributed by atoms with Gasteiger partial charge in [0.25, 0.3) is 0 Å². The standard InChI is InChI=1S/C9H14N2O/c1-7-2-5-11(8(10)12)9(6-7)3-4-9/h1-6H2,(H2,10,12). The van der Waals surface area contributed by atoms with E-state index in [0.29, 0.717) is 0 Å². The van der Waals surface area contributed by atoms with Crippen molar-refractivity contribution < 1.29 is 4.79 Å². The van der Waals surface area contributed by atoms with E-state index < -0.39 is 0 Å². The van der Waals surface area contributed by atoms with Crippen LogP contribution in [0.15, 0.2) is 12.2 Å². The Kier molecular flexibility index (Phi) is 1.43. The summed E-state index contributed by atoms with van der Waals surface area (Å²) < 4.78 is 0. The lowest BCUT2D eigenvalue weighted by Gasteiger charge is -2.35. The number of carbonyl (C=O) groups excluding carboxylic acids is 1. The van der Waals surface area contributed by atoms with E-state index in [1.807, 2.05) is 4.90 Å². The molecule has 2 N–H and O–H groups in total. The Bertz CT molecular complexity index is 243. The maximum atomic E-state index is 11.0. The van der Waals surface area contributed by atoms with E-state index in [0.717, 1.165) is 32.2 Å². The van der Waals surface area contributed by atoms with Crippen molar-refractivity contribution in [2.75, 3.05) is 6.54 Å². The van der Waals surface area contributed by atoms with Crippen molar-refractivity contribution >= 4 is 6.03 Å². The number of likely N-dealkylation sites (tertiary alicyclic amines) is 1. The maximum Gasteiger partial charge on any atom is 0.315 e. The normalized spacial score (nSPS) is 26.0. The molecule has 0 radical (unpaired) electrons. The van der Waals surface area contributed by atoms with E-state index >= 15 is 0 Å². The van der Waals surface area contributed by atoms with Crippen LogP contribution in [0.1, 0.15) is 25.7 Å². The second-order valence-corrected chi connectivity index (χ2v) is 3.89. The highest BCUT2D eigenvalue weighted by Gasteiger charge is 2.51. The van der Waals surface area contributed by atoms with Crippen LogP contribution in [0.4, 0.5) is 4.79 Å². The fraction of sp³-hybridized carbons (Fsp3) is 0.667. The van der Waals surface area contributed by atoms with Gasteiger partial charge in [0, 0.05) is 12.1 Å². The fourth-order valence-electron chi connectivity index (χ4n) is 2.09. The van der Waals surface area contributed by atoms with Gasteiger partial charge in [-0.1, -0.05) is 12.2 Å². The van der Waals surface area contributed by atoms with Crippen molar-refractivity contribution in [3.8, 4) is 0 Å². The van der Waals surface area contributed by atoms with Crippen LogP contribution < -0.4 is 5.73 Å². The minimum absolute atomic E-state index is 0.0984. The molecule has 2 fully saturated rings. The SMILES string of the molecule is C=C1CCN(C(N)=O)C2(CC2)C1. The summed E-state index contributed by atoms with van der Waals surface area (Å²) in [6.45, 7) is 4.74. The van der Waals surface area contributed by atoms with Crippen molar-refractivity contribution in [3.05, 3.63) is 12.2 Å². The number of amides is 2. The number of hydrogen-bond donors (Lipinski definition) is 1. The van der Waals surface area contributed by atoms with Gasteiger partial charge in [0.1, 0.15) is 0 Å². The monoisotopic (exact) mass is 166 g/mol. The first kappa shape index (κ1) is 7.65. The third kappa shape index (κ3) is 1.00. The van der Waals surface area contributed by atoms with E-state index in [4.69, 9.17) is 5.73 Å². The zero-order valence-electron chi connectivity index (χ0n) is 7.18. The van der Waals surface area contributed by atoms with E-state index in [9.17, 15) is 4.79 Å². The Hall–Kier alpha value is -0.990. The van der Waals surface area contributed by atoms with E-state index in [1.54, 1.807) is 0 Å². The van der Waals surface area contributed by atoms with Crippen LogP contribution in [0.25, 0.3) is 0 Å². The van der Waals surface area contributed by atoms with Crippen molar-refractivity contribution in [2.24, 2.45) is 5.73 Å². The van der Waals surface area contributed by atoms with Crippen LogP contribution in [-0.4, -0.2) is 23.0 Å². The van der Waals surface area contributed by atoms with Gasteiger partial charge < -0.3 is 10.6 Å². The third-order valence-corrected chi connectivity index (χ3v) is 2.93. The highest BCUT2D eigenvalue weighted by Crippen LogP contribution is 2.49. The van der Waals surface area contributed by atoms with E-state index in [1.165, 1.54) is 5.57 Å². The number of primary amides is 1. The van der Waals surface area contributed by atoms with Gasteiger partial charge in [0.05, 0.1) is 0 Å². The first-order chi connectivity index (χ1) is 5.64. The number of hydrogen-bond acceptors (Lipinski definition) is 1. The minimum Gasteiger partial charge on any atom is -0.351 e. The molecule has 2 amide bonds. The molecule has 1 heterocycles. The molecule has 1 saturated carbocycles. The maximum absolute atomic E-state index is 11.0. The van der Waals surface area contributed by atoms with Gasteiger partial charge in [-0.25, -0.2) is 4.79 Å². The van der Waals surface area contributed by atoms with Gasteiger partial charge in [-0.3, -0.25) is 0 Å². The second kappa shape index (κ2) is 2.25. The second-order valence-electron chi connectivity index (χ2n) is 3.89. The predicted molar refractivity (Wildman–Crippen MR) is 46.6 cm³/mol. The van der Waals surface area contributed by atoms with E-state index in [-0.39, 0.29) is 11.6 Å². The molecule has 12 heavy (non-hydrogen) atoms. The highest BCUT2D eigenvalue weighted by atomic mass is 16.2. The summed E-state index contributed by atoms with van der Waals surface area (Å²) in [6, 6.07) is -0.264. The Morgan fingerprint density at radius 1 is 1.58 bits per heavy atom. The molecule has 3 nitrogen and oxygen atoms in total. The Morgan fingerprint density at radius 3 is 2.75 bits per heavy atom. The minimum atomic E-state index is -0.264. The third-order valence-electron chi connectivity index (χ3n) is 2.93. The first-order valence-electron chi connectivity index (χ1n) is 4.38. The molecule has 0 aromatic rings. The average molecular weight is 166 g/mol. The van der Waals surface area contributed by atoms with E-state index in [2.05, 4.69) is 6.58 Å². The zero-order chi connectivity index (χ0) is 8.77. The zero-order valence-corrected chi connectivity index (χ0v) is 7.18. The Morgan fingerprint density at radius 2 is 2.25 bits per heavy atom. The van der Waals surface area contributed by atoms with Gasteiger partial charge in [-0.05, 0) is 25.7 Å². The fourth-order valence-corrected chi connectivity index (χ4v) is 2.09. The predicted octanol–water partition coefficient (Wildman–Crippen LogP) is 1.25. The van der Waals surface area contributed by atoms with Crippen LogP contribution in [-0.2, 0) is 0 Å². The summed E-state index contributed by atoms with van der Waals surface area (Å²) in [5, 5.41) is 0. The number of nitrogens with zero attached hydrogens (tertiary/aromatic N) is 1. The van der Waals surface area contributed by atoms with Crippen LogP contribution in [0.3, 0.4) is 0 Å². The summed E-state index contributed by atoms with van der Waals surface area (Å²) in [4.78, 5) is 12.9.